The second kappa shape index (κ2) is 12.2. The molecule has 0 radical (unpaired) electrons. The maximum atomic E-state index is 4.55. The number of likely N-dealkylation sites (tertiary alicyclic amines) is 1. The molecular weight excluding hydrogens is 495 g/mol. The molecule has 1 N–H and O–H groups in total. The van der Waals surface area contributed by atoms with E-state index in [1.807, 2.05) is 7.05 Å². The van der Waals surface area contributed by atoms with Crippen molar-refractivity contribution in [1.82, 2.24) is 15.1 Å². The average Bonchev–Trinajstić information content (AvgIpc) is 3.28. The van der Waals surface area contributed by atoms with Gasteiger partial charge in [0, 0.05) is 39.8 Å². The number of rotatable bonds is 6. The molecule has 1 atom stereocenters. The van der Waals surface area contributed by atoms with E-state index in [1.165, 1.54) is 36.2 Å². The first-order valence-electron chi connectivity index (χ1n) is 11.3. The lowest BCUT2D eigenvalue weighted by Gasteiger charge is -2.30. The van der Waals surface area contributed by atoms with Crippen molar-refractivity contribution in [1.29, 1.82) is 0 Å². The summed E-state index contributed by atoms with van der Waals surface area (Å²) in [5.41, 5.74) is 4.24. The van der Waals surface area contributed by atoms with Crippen molar-refractivity contribution in [2.24, 2.45) is 10.9 Å². The Morgan fingerprint density at radius 3 is 2.45 bits per heavy atom. The molecule has 1 unspecified atom stereocenters. The molecule has 31 heavy (non-hydrogen) atoms. The van der Waals surface area contributed by atoms with Gasteiger partial charge in [0.05, 0.1) is 0 Å². The van der Waals surface area contributed by atoms with Crippen LogP contribution in [0.3, 0.4) is 0 Å². The van der Waals surface area contributed by atoms with Gasteiger partial charge >= 0.3 is 0 Å². The van der Waals surface area contributed by atoms with Crippen LogP contribution in [0, 0.1) is 5.92 Å². The molecule has 0 aromatic heterocycles. The fourth-order valence-electron chi connectivity index (χ4n) is 4.56. The van der Waals surface area contributed by atoms with E-state index in [0.29, 0.717) is 5.92 Å². The van der Waals surface area contributed by atoms with Gasteiger partial charge in [0.2, 0.25) is 0 Å². The number of hydrogen-bond acceptors (Lipinski definition) is 2. The highest BCUT2D eigenvalue weighted by atomic mass is 127. The summed E-state index contributed by atoms with van der Waals surface area (Å²) in [5, 5.41) is 3.65. The second-order valence-electron chi connectivity index (χ2n) is 8.41. The minimum Gasteiger partial charge on any atom is -0.356 e. The Hall–Kier alpha value is -1.86. The Balaban J connectivity index is 0.00000272. The van der Waals surface area contributed by atoms with E-state index in [9.17, 15) is 0 Å². The Bertz CT molecular complexity index is 850. The van der Waals surface area contributed by atoms with Gasteiger partial charge in [-0.2, -0.15) is 0 Å². The summed E-state index contributed by atoms with van der Waals surface area (Å²) < 4.78 is 0. The molecule has 1 saturated heterocycles. The normalized spacial score (nSPS) is 19.6. The maximum Gasteiger partial charge on any atom is 0.193 e. The number of hydrogen-bond donors (Lipinski definition) is 1. The van der Waals surface area contributed by atoms with Crippen molar-refractivity contribution in [3.8, 4) is 0 Å². The Morgan fingerprint density at radius 1 is 1.03 bits per heavy atom. The van der Waals surface area contributed by atoms with Gasteiger partial charge in [0.15, 0.2) is 5.96 Å². The summed E-state index contributed by atoms with van der Waals surface area (Å²) in [6.45, 7) is 6.53. The fourth-order valence-corrected chi connectivity index (χ4v) is 4.56. The quantitative estimate of drug-likeness (QED) is 0.338. The van der Waals surface area contributed by atoms with E-state index in [-0.39, 0.29) is 24.0 Å². The van der Waals surface area contributed by atoms with Crippen molar-refractivity contribution in [3.63, 3.8) is 0 Å². The predicted octanol–water partition coefficient (Wildman–Crippen LogP) is 4.53. The molecule has 0 amide bonds. The van der Waals surface area contributed by atoms with Gasteiger partial charge < -0.3 is 15.1 Å². The van der Waals surface area contributed by atoms with Crippen LogP contribution in [0.15, 0.2) is 71.7 Å². The van der Waals surface area contributed by atoms with Crippen LogP contribution in [-0.4, -0.2) is 62.1 Å². The number of halogens is 1. The highest BCUT2D eigenvalue weighted by Gasteiger charge is 2.23. The van der Waals surface area contributed by atoms with Crippen molar-refractivity contribution >= 4 is 35.5 Å². The summed E-state index contributed by atoms with van der Waals surface area (Å²) in [7, 11) is 1.90. The molecule has 2 aliphatic rings. The number of benzene rings is 2. The molecule has 0 aliphatic carbocycles. The van der Waals surface area contributed by atoms with Crippen molar-refractivity contribution in [2.75, 3.05) is 46.3 Å². The van der Waals surface area contributed by atoms with Crippen LogP contribution in [0.2, 0.25) is 0 Å². The molecule has 4 nitrogen and oxygen atoms in total. The molecule has 0 bridgehead atoms. The van der Waals surface area contributed by atoms with E-state index >= 15 is 0 Å². The van der Waals surface area contributed by atoms with Crippen LogP contribution in [0.25, 0.3) is 5.57 Å². The third-order valence-electron chi connectivity index (χ3n) is 6.34. The minimum atomic E-state index is 0. The zero-order chi connectivity index (χ0) is 20.6. The third kappa shape index (κ3) is 6.81. The standard InChI is InChI=1S/C26H34N4.HI/c1-27-26(30-18-14-25(15-19-30)24-10-6-3-7-11-24)28-20-23-13-17-29(21-23)16-12-22-8-4-2-5-9-22;/h2-11,14,23H,12-13,15-21H2,1H3,(H,27,28);1H. The first kappa shape index (κ1) is 23.8. The third-order valence-corrected chi connectivity index (χ3v) is 6.34. The highest BCUT2D eigenvalue weighted by Crippen LogP contribution is 2.22. The first-order chi connectivity index (χ1) is 14.8. The number of aliphatic imine (C=N–C) groups is 1. The maximum absolute atomic E-state index is 4.55. The first-order valence-corrected chi connectivity index (χ1v) is 11.3. The van der Waals surface area contributed by atoms with Crippen molar-refractivity contribution < 1.29 is 0 Å². The molecule has 0 spiro atoms. The molecule has 2 aromatic carbocycles. The molecule has 2 heterocycles. The summed E-state index contributed by atoms with van der Waals surface area (Å²) >= 11 is 0. The predicted molar refractivity (Wildman–Crippen MR) is 142 cm³/mol. The lowest BCUT2D eigenvalue weighted by Crippen LogP contribution is -2.45. The number of nitrogens with one attached hydrogen (secondary N) is 1. The van der Waals surface area contributed by atoms with Gasteiger partial charge in [-0.3, -0.25) is 4.99 Å². The van der Waals surface area contributed by atoms with Crippen LogP contribution < -0.4 is 5.32 Å². The van der Waals surface area contributed by atoms with Crippen LogP contribution in [0.4, 0.5) is 0 Å². The largest absolute Gasteiger partial charge is 0.356 e. The molecule has 0 saturated carbocycles. The summed E-state index contributed by atoms with van der Waals surface area (Å²) in [5.74, 6) is 1.75. The van der Waals surface area contributed by atoms with Crippen LogP contribution in [-0.2, 0) is 6.42 Å². The second-order valence-corrected chi connectivity index (χ2v) is 8.41. The molecule has 2 aromatic rings. The van der Waals surface area contributed by atoms with Gasteiger partial charge in [-0.1, -0.05) is 66.7 Å². The molecule has 5 heteroatoms. The number of guanidine groups is 1. The topological polar surface area (TPSA) is 30.9 Å². The average molecular weight is 530 g/mol. The lowest BCUT2D eigenvalue weighted by molar-refractivity contribution is 0.327. The molecule has 1 fully saturated rings. The van der Waals surface area contributed by atoms with E-state index < -0.39 is 0 Å². The van der Waals surface area contributed by atoms with Gasteiger partial charge in [0.25, 0.3) is 0 Å². The Labute approximate surface area is 204 Å². The Kier molecular flexibility index (Phi) is 9.40. The molecule has 2 aliphatic heterocycles. The summed E-state index contributed by atoms with van der Waals surface area (Å²) in [6.07, 6.45) is 5.84. The van der Waals surface area contributed by atoms with E-state index in [0.717, 1.165) is 45.0 Å². The Morgan fingerprint density at radius 2 is 1.77 bits per heavy atom. The van der Waals surface area contributed by atoms with Crippen molar-refractivity contribution in [3.05, 3.63) is 77.9 Å². The summed E-state index contributed by atoms with van der Waals surface area (Å²) in [6, 6.07) is 21.6. The minimum absolute atomic E-state index is 0. The lowest BCUT2D eigenvalue weighted by atomic mass is 10.00. The molecular formula is C26H35IN4. The zero-order valence-corrected chi connectivity index (χ0v) is 20.9. The summed E-state index contributed by atoms with van der Waals surface area (Å²) in [4.78, 5) is 9.53. The van der Waals surface area contributed by atoms with Gasteiger partial charge in [0.1, 0.15) is 0 Å². The highest BCUT2D eigenvalue weighted by molar-refractivity contribution is 14.0. The van der Waals surface area contributed by atoms with Gasteiger partial charge in [-0.25, -0.2) is 0 Å². The van der Waals surface area contributed by atoms with E-state index in [1.54, 1.807) is 0 Å². The van der Waals surface area contributed by atoms with E-state index in [2.05, 4.69) is 86.8 Å². The smallest absolute Gasteiger partial charge is 0.193 e. The van der Waals surface area contributed by atoms with Crippen LogP contribution in [0.5, 0.6) is 0 Å². The zero-order valence-electron chi connectivity index (χ0n) is 18.5. The van der Waals surface area contributed by atoms with Gasteiger partial charge in [-0.05, 0) is 48.4 Å². The SMILES string of the molecule is CN=C(NCC1CCN(CCc2ccccc2)C1)N1CC=C(c2ccccc2)CC1.I. The van der Waals surface area contributed by atoms with Crippen LogP contribution in [0.1, 0.15) is 24.0 Å². The van der Waals surface area contributed by atoms with E-state index in [4.69, 9.17) is 0 Å². The number of nitrogens with zero attached hydrogens (tertiary/aromatic N) is 3. The monoisotopic (exact) mass is 530 g/mol. The van der Waals surface area contributed by atoms with Crippen molar-refractivity contribution in [2.45, 2.75) is 19.3 Å². The molecule has 166 valence electrons. The fraction of sp³-hybridized carbons (Fsp3) is 0.423. The molecule has 4 rings (SSSR count). The van der Waals surface area contributed by atoms with Gasteiger partial charge in [-0.15, -0.1) is 24.0 Å². The van der Waals surface area contributed by atoms with Crippen LogP contribution >= 0.6 is 24.0 Å².